The van der Waals surface area contributed by atoms with Gasteiger partial charge in [-0.25, -0.2) is 4.79 Å². The summed E-state index contributed by atoms with van der Waals surface area (Å²) in [4.78, 5) is 15.4. The highest BCUT2D eigenvalue weighted by Gasteiger charge is 2.21. The van der Waals surface area contributed by atoms with Crippen molar-refractivity contribution in [2.75, 3.05) is 40.4 Å². The molecule has 1 fully saturated rings. The van der Waals surface area contributed by atoms with Gasteiger partial charge in [-0.15, -0.1) is 0 Å². The molecule has 0 atom stereocenters. The van der Waals surface area contributed by atoms with E-state index in [9.17, 15) is 4.79 Å². The molecule has 1 aliphatic heterocycles. The van der Waals surface area contributed by atoms with Crippen molar-refractivity contribution in [2.45, 2.75) is 6.54 Å². The summed E-state index contributed by atoms with van der Waals surface area (Å²) >= 11 is 0. The Morgan fingerprint density at radius 1 is 1.11 bits per heavy atom. The molecule has 0 spiro atoms. The first-order valence-corrected chi connectivity index (χ1v) is 6.41. The third-order valence-corrected chi connectivity index (χ3v) is 3.37. The summed E-state index contributed by atoms with van der Waals surface area (Å²) < 4.78 is 9.86. The molecule has 5 heteroatoms. The Bertz CT molecular complexity index is 411. The number of carbonyl (C=O) groups excluding carboxylic acids is 1. The van der Waals surface area contributed by atoms with Crippen LogP contribution in [0, 0.1) is 0 Å². The van der Waals surface area contributed by atoms with Crippen LogP contribution in [0.5, 0.6) is 5.75 Å². The summed E-state index contributed by atoms with van der Waals surface area (Å²) in [6.07, 6.45) is -0.232. The van der Waals surface area contributed by atoms with Gasteiger partial charge in [-0.3, -0.25) is 4.90 Å². The van der Waals surface area contributed by atoms with Crippen LogP contribution in [0.2, 0.25) is 0 Å². The minimum Gasteiger partial charge on any atom is -0.497 e. The molecule has 5 nitrogen and oxygen atoms in total. The van der Waals surface area contributed by atoms with Crippen LogP contribution in [0.25, 0.3) is 0 Å². The average molecular weight is 264 g/mol. The number of methoxy groups -OCH3 is 2. The predicted octanol–water partition coefficient (Wildman–Crippen LogP) is 1.58. The van der Waals surface area contributed by atoms with Gasteiger partial charge in [-0.1, -0.05) is 12.1 Å². The lowest BCUT2D eigenvalue weighted by Gasteiger charge is -2.33. The second kappa shape index (κ2) is 6.43. The Kier molecular flexibility index (Phi) is 4.63. The summed E-state index contributed by atoms with van der Waals surface area (Å²) in [6.45, 7) is 4.10. The number of nitrogens with zero attached hydrogens (tertiary/aromatic N) is 2. The van der Waals surface area contributed by atoms with Crippen molar-refractivity contribution < 1.29 is 14.3 Å². The van der Waals surface area contributed by atoms with E-state index < -0.39 is 0 Å². The molecule has 0 N–H and O–H groups in total. The molecule has 19 heavy (non-hydrogen) atoms. The largest absolute Gasteiger partial charge is 0.497 e. The minimum absolute atomic E-state index is 0.232. The average Bonchev–Trinajstić information content (AvgIpc) is 2.48. The summed E-state index contributed by atoms with van der Waals surface area (Å²) in [7, 11) is 3.09. The Morgan fingerprint density at radius 3 is 2.26 bits per heavy atom. The van der Waals surface area contributed by atoms with Crippen molar-refractivity contribution in [1.29, 1.82) is 0 Å². The second-order valence-electron chi connectivity index (χ2n) is 4.58. The van der Waals surface area contributed by atoms with E-state index in [0.717, 1.165) is 38.5 Å². The number of hydrogen-bond acceptors (Lipinski definition) is 4. The molecule has 0 saturated carbocycles. The maximum absolute atomic E-state index is 11.4. The lowest BCUT2D eigenvalue weighted by atomic mass is 10.2. The number of carbonyl (C=O) groups is 1. The number of ether oxygens (including phenoxy) is 2. The molecule has 0 unspecified atom stereocenters. The first-order valence-electron chi connectivity index (χ1n) is 6.41. The minimum atomic E-state index is -0.232. The van der Waals surface area contributed by atoms with Gasteiger partial charge in [-0.2, -0.15) is 0 Å². The molecular formula is C14H20N2O3. The van der Waals surface area contributed by atoms with E-state index in [4.69, 9.17) is 9.47 Å². The van der Waals surface area contributed by atoms with Crippen LogP contribution in [0.4, 0.5) is 4.79 Å². The predicted molar refractivity (Wildman–Crippen MR) is 72.2 cm³/mol. The summed E-state index contributed by atoms with van der Waals surface area (Å²) in [5.41, 5.74) is 1.26. The van der Waals surface area contributed by atoms with Crippen LogP contribution in [0.3, 0.4) is 0 Å². The number of rotatable bonds is 3. The SMILES string of the molecule is COC(=O)N1CCN(Cc2ccc(OC)cc2)CC1. The van der Waals surface area contributed by atoms with E-state index in [1.54, 1.807) is 12.0 Å². The Hall–Kier alpha value is -1.75. The van der Waals surface area contributed by atoms with E-state index in [-0.39, 0.29) is 6.09 Å². The third kappa shape index (κ3) is 3.61. The topological polar surface area (TPSA) is 42.0 Å². The lowest BCUT2D eigenvalue weighted by Crippen LogP contribution is -2.48. The van der Waals surface area contributed by atoms with E-state index in [0.29, 0.717) is 0 Å². The van der Waals surface area contributed by atoms with Gasteiger partial charge in [0.15, 0.2) is 0 Å². The van der Waals surface area contributed by atoms with Crippen LogP contribution in [-0.4, -0.2) is 56.3 Å². The fourth-order valence-electron chi connectivity index (χ4n) is 2.21. The highest BCUT2D eigenvalue weighted by atomic mass is 16.5. The van der Waals surface area contributed by atoms with Crippen molar-refractivity contribution in [2.24, 2.45) is 0 Å². The van der Waals surface area contributed by atoms with Gasteiger partial charge in [0.2, 0.25) is 0 Å². The lowest BCUT2D eigenvalue weighted by molar-refractivity contribution is 0.0889. The quantitative estimate of drug-likeness (QED) is 0.831. The van der Waals surface area contributed by atoms with Crippen LogP contribution >= 0.6 is 0 Å². The van der Waals surface area contributed by atoms with Crippen molar-refractivity contribution in [3.8, 4) is 5.75 Å². The van der Waals surface area contributed by atoms with Gasteiger partial charge < -0.3 is 14.4 Å². The number of piperazine rings is 1. The second-order valence-corrected chi connectivity index (χ2v) is 4.58. The fourth-order valence-corrected chi connectivity index (χ4v) is 2.21. The monoisotopic (exact) mass is 264 g/mol. The van der Waals surface area contributed by atoms with E-state index in [1.165, 1.54) is 12.7 Å². The van der Waals surface area contributed by atoms with Crippen LogP contribution in [-0.2, 0) is 11.3 Å². The standard InChI is InChI=1S/C14H20N2O3/c1-18-13-5-3-12(4-6-13)11-15-7-9-16(10-8-15)14(17)19-2/h3-6H,7-11H2,1-2H3. The van der Waals surface area contributed by atoms with Crippen molar-refractivity contribution >= 4 is 6.09 Å². The van der Waals surface area contributed by atoms with Crippen molar-refractivity contribution in [3.63, 3.8) is 0 Å². The molecule has 1 saturated heterocycles. The van der Waals surface area contributed by atoms with Gasteiger partial charge in [0.05, 0.1) is 14.2 Å². The zero-order valence-corrected chi connectivity index (χ0v) is 11.5. The molecule has 1 amide bonds. The summed E-state index contributed by atoms with van der Waals surface area (Å²) in [5.74, 6) is 0.874. The molecule has 0 bridgehead atoms. The van der Waals surface area contributed by atoms with Gasteiger partial charge >= 0.3 is 6.09 Å². The van der Waals surface area contributed by atoms with E-state index >= 15 is 0 Å². The maximum Gasteiger partial charge on any atom is 0.409 e. The molecule has 1 heterocycles. The van der Waals surface area contributed by atoms with Crippen molar-refractivity contribution in [3.05, 3.63) is 29.8 Å². The molecule has 2 rings (SSSR count). The highest BCUT2D eigenvalue weighted by molar-refractivity contribution is 5.67. The smallest absolute Gasteiger partial charge is 0.409 e. The fraction of sp³-hybridized carbons (Fsp3) is 0.500. The number of amides is 1. The molecule has 104 valence electrons. The van der Waals surface area contributed by atoms with Crippen LogP contribution in [0.15, 0.2) is 24.3 Å². The molecule has 1 aromatic carbocycles. The van der Waals surface area contributed by atoms with Crippen molar-refractivity contribution in [1.82, 2.24) is 9.80 Å². The number of benzene rings is 1. The van der Waals surface area contributed by atoms with Gasteiger partial charge in [-0.05, 0) is 17.7 Å². The maximum atomic E-state index is 11.4. The van der Waals surface area contributed by atoms with E-state index in [2.05, 4.69) is 17.0 Å². The first-order chi connectivity index (χ1) is 9.22. The van der Waals surface area contributed by atoms with E-state index in [1.807, 2.05) is 12.1 Å². The van der Waals surface area contributed by atoms with Gasteiger partial charge in [0.1, 0.15) is 5.75 Å². The Balaban J connectivity index is 1.83. The molecule has 0 aliphatic carbocycles. The molecule has 1 aliphatic rings. The highest BCUT2D eigenvalue weighted by Crippen LogP contribution is 2.14. The molecular weight excluding hydrogens is 244 g/mol. The Morgan fingerprint density at radius 2 is 1.74 bits per heavy atom. The zero-order valence-electron chi connectivity index (χ0n) is 11.5. The Labute approximate surface area is 113 Å². The summed E-state index contributed by atoms with van der Waals surface area (Å²) in [5, 5.41) is 0. The first kappa shape index (κ1) is 13.7. The normalized spacial score (nSPS) is 16.2. The molecule has 0 radical (unpaired) electrons. The van der Waals surface area contributed by atoms with Gasteiger partial charge in [0.25, 0.3) is 0 Å². The third-order valence-electron chi connectivity index (χ3n) is 3.37. The molecule has 0 aromatic heterocycles. The van der Waals surface area contributed by atoms with Gasteiger partial charge in [0, 0.05) is 32.7 Å². The van der Waals surface area contributed by atoms with Crippen LogP contribution < -0.4 is 4.74 Å². The molecule has 1 aromatic rings. The summed E-state index contributed by atoms with van der Waals surface area (Å²) in [6, 6.07) is 8.09. The zero-order chi connectivity index (χ0) is 13.7. The number of hydrogen-bond donors (Lipinski definition) is 0. The van der Waals surface area contributed by atoms with Crippen LogP contribution in [0.1, 0.15) is 5.56 Å².